The average Bonchev–Trinajstić information content (AvgIpc) is 2.48. The molecule has 0 fully saturated rings. The molecule has 102 valence electrons. The largest absolute Gasteiger partial charge is 0.354 e. The highest BCUT2D eigenvalue weighted by Gasteiger charge is 2.33. The van der Waals surface area contributed by atoms with E-state index in [-0.39, 0.29) is 6.03 Å². The first-order chi connectivity index (χ1) is 9.81. The summed E-state index contributed by atoms with van der Waals surface area (Å²) in [5.41, 5.74) is 1.50. The van der Waals surface area contributed by atoms with Gasteiger partial charge in [0, 0.05) is 12.8 Å². The Hall–Kier alpha value is -2.47. The maximum absolute atomic E-state index is 12.3. The molecule has 2 amide bonds. The van der Waals surface area contributed by atoms with Gasteiger partial charge >= 0.3 is 6.03 Å². The van der Waals surface area contributed by atoms with E-state index in [4.69, 9.17) is 4.74 Å². The van der Waals surface area contributed by atoms with Crippen LogP contribution in [0.25, 0.3) is 0 Å². The second-order valence-electron chi connectivity index (χ2n) is 4.26. The minimum atomic E-state index is -0.510. The summed E-state index contributed by atoms with van der Waals surface area (Å²) in [5.74, 6) is 0.549. The van der Waals surface area contributed by atoms with Crippen LogP contribution in [0.3, 0.4) is 0 Å². The Morgan fingerprint density at radius 2 is 2.15 bits per heavy atom. The first-order valence-corrected chi connectivity index (χ1v) is 6.38. The number of anilines is 2. The van der Waals surface area contributed by atoms with Crippen molar-refractivity contribution in [1.29, 1.82) is 0 Å². The lowest BCUT2D eigenvalue weighted by atomic mass is 10.2. The number of hydrogen-bond acceptors (Lipinski definition) is 4. The summed E-state index contributed by atoms with van der Waals surface area (Å²) in [6, 6.07) is 9.09. The maximum atomic E-state index is 12.3. The van der Waals surface area contributed by atoms with Crippen LogP contribution in [0.4, 0.5) is 16.3 Å². The molecule has 0 saturated heterocycles. The van der Waals surface area contributed by atoms with Crippen molar-refractivity contribution in [3.05, 3.63) is 48.4 Å². The van der Waals surface area contributed by atoms with Crippen molar-refractivity contribution >= 4 is 17.5 Å². The number of nitrogens with one attached hydrogen (secondary N) is 1. The van der Waals surface area contributed by atoms with Crippen LogP contribution in [-0.4, -0.2) is 22.6 Å². The lowest BCUT2D eigenvalue weighted by Gasteiger charge is -2.33. The summed E-state index contributed by atoms with van der Waals surface area (Å²) >= 11 is 0. The maximum Gasteiger partial charge on any atom is 0.330 e. The number of amides is 2. The van der Waals surface area contributed by atoms with Gasteiger partial charge in [-0.25, -0.2) is 19.7 Å². The van der Waals surface area contributed by atoms with E-state index in [1.165, 1.54) is 11.2 Å². The Bertz CT molecular complexity index is 618. The Balaban J connectivity index is 2.08. The molecule has 0 radical (unpaired) electrons. The van der Waals surface area contributed by atoms with E-state index in [0.717, 1.165) is 11.3 Å². The Morgan fingerprint density at radius 1 is 1.35 bits per heavy atom. The summed E-state index contributed by atoms with van der Waals surface area (Å²) in [6.07, 6.45) is 2.58. The summed E-state index contributed by atoms with van der Waals surface area (Å²) in [5, 5.41) is 2.81. The molecule has 1 aromatic heterocycles. The van der Waals surface area contributed by atoms with E-state index in [1.807, 2.05) is 37.3 Å². The number of hydrogen-bond donors (Lipinski definition) is 1. The number of benzene rings is 1. The molecule has 3 rings (SSSR count). The van der Waals surface area contributed by atoms with E-state index in [2.05, 4.69) is 15.3 Å². The smallest absolute Gasteiger partial charge is 0.330 e. The third-order valence-corrected chi connectivity index (χ3v) is 3.02. The van der Waals surface area contributed by atoms with Gasteiger partial charge in [-0.2, -0.15) is 0 Å². The quantitative estimate of drug-likeness (QED) is 0.929. The highest BCUT2D eigenvalue weighted by Crippen LogP contribution is 2.33. The number of nitrogens with zero attached hydrogens (tertiary/aromatic N) is 3. The van der Waals surface area contributed by atoms with E-state index >= 15 is 0 Å². The minimum absolute atomic E-state index is 0.263. The molecule has 2 heterocycles. The van der Waals surface area contributed by atoms with Crippen molar-refractivity contribution in [1.82, 2.24) is 15.3 Å². The van der Waals surface area contributed by atoms with Gasteiger partial charge in [0.1, 0.15) is 6.33 Å². The number of aromatic nitrogens is 2. The van der Waals surface area contributed by atoms with Gasteiger partial charge in [0.2, 0.25) is 0 Å². The summed E-state index contributed by atoms with van der Waals surface area (Å²) in [6.45, 7) is 2.36. The van der Waals surface area contributed by atoms with E-state index in [9.17, 15) is 4.79 Å². The monoisotopic (exact) mass is 270 g/mol. The fourth-order valence-electron chi connectivity index (χ4n) is 2.17. The molecule has 0 spiro atoms. The van der Waals surface area contributed by atoms with Crippen molar-refractivity contribution < 1.29 is 9.53 Å². The number of urea groups is 1. The fraction of sp³-hybridized carbons (Fsp3) is 0.214. The molecule has 6 nitrogen and oxygen atoms in total. The topological polar surface area (TPSA) is 67.3 Å². The second kappa shape index (κ2) is 5.26. The number of fused-ring (bicyclic) bond motifs is 1. The molecule has 2 aromatic rings. The molecule has 1 N–H and O–H groups in total. The Kier molecular flexibility index (Phi) is 3.30. The number of rotatable bonds is 3. The van der Waals surface area contributed by atoms with Crippen LogP contribution in [0.1, 0.15) is 18.7 Å². The second-order valence-corrected chi connectivity index (χ2v) is 4.26. The van der Waals surface area contributed by atoms with Crippen LogP contribution < -0.4 is 10.2 Å². The van der Waals surface area contributed by atoms with Gasteiger partial charge in [-0.3, -0.25) is 0 Å². The first kappa shape index (κ1) is 12.6. The molecule has 0 saturated carbocycles. The van der Waals surface area contributed by atoms with Crippen LogP contribution in [0.5, 0.6) is 0 Å². The number of para-hydroxylation sites is 1. The number of ether oxygens (including phenoxy) is 1. The van der Waals surface area contributed by atoms with Gasteiger partial charge in [-0.05, 0) is 19.1 Å². The van der Waals surface area contributed by atoms with Crippen LogP contribution in [0.2, 0.25) is 0 Å². The standard InChI is InChI=1S/C14H14N4O2/c1-2-20-13-11-8-15-9-16-12(11)18(14(19)17-13)10-6-4-3-5-7-10/h3-9,13H,2H2,1H3,(H,17,19). The highest BCUT2D eigenvalue weighted by molar-refractivity contribution is 6.00. The Labute approximate surface area is 116 Å². The molecule has 1 unspecified atom stereocenters. The molecular weight excluding hydrogens is 256 g/mol. The summed E-state index contributed by atoms with van der Waals surface area (Å²) in [4.78, 5) is 22.1. The van der Waals surface area contributed by atoms with Crippen LogP contribution in [0.15, 0.2) is 42.9 Å². The molecule has 0 bridgehead atoms. The van der Waals surface area contributed by atoms with E-state index < -0.39 is 6.23 Å². The fourth-order valence-corrected chi connectivity index (χ4v) is 2.17. The summed E-state index contributed by atoms with van der Waals surface area (Å²) < 4.78 is 5.53. The van der Waals surface area contributed by atoms with E-state index in [0.29, 0.717) is 12.4 Å². The highest BCUT2D eigenvalue weighted by atomic mass is 16.5. The van der Waals surface area contributed by atoms with Gasteiger partial charge in [0.05, 0.1) is 11.3 Å². The minimum Gasteiger partial charge on any atom is -0.354 e. The van der Waals surface area contributed by atoms with Gasteiger partial charge in [-0.15, -0.1) is 0 Å². The third-order valence-electron chi connectivity index (χ3n) is 3.02. The zero-order valence-electron chi connectivity index (χ0n) is 11.0. The molecule has 1 aliphatic heterocycles. The molecule has 1 atom stereocenters. The van der Waals surface area contributed by atoms with Crippen LogP contribution in [0, 0.1) is 0 Å². The third kappa shape index (κ3) is 2.10. The zero-order chi connectivity index (χ0) is 13.9. The lowest BCUT2D eigenvalue weighted by Crippen LogP contribution is -2.45. The van der Waals surface area contributed by atoms with Gasteiger partial charge < -0.3 is 10.1 Å². The molecule has 1 aromatic carbocycles. The zero-order valence-corrected chi connectivity index (χ0v) is 11.0. The van der Waals surface area contributed by atoms with Crippen molar-refractivity contribution in [3.8, 4) is 0 Å². The average molecular weight is 270 g/mol. The molecule has 20 heavy (non-hydrogen) atoms. The van der Waals surface area contributed by atoms with E-state index in [1.54, 1.807) is 6.20 Å². The first-order valence-electron chi connectivity index (χ1n) is 6.38. The van der Waals surface area contributed by atoms with Gasteiger partial charge in [-0.1, -0.05) is 18.2 Å². The van der Waals surface area contributed by atoms with Crippen LogP contribution >= 0.6 is 0 Å². The molecular formula is C14H14N4O2. The van der Waals surface area contributed by atoms with Crippen molar-refractivity contribution in [3.63, 3.8) is 0 Å². The number of carbonyl (C=O) groups excluding carboxylic acids is 1. The predicted molar refractivity (Wildman–Crippen MR) is 73.5 cm³/mol. The lowest BCUT2D eigenvalue weighted by molar-refractivity contribution is 0.0435. The van der Waals surface area contributed by atoms with Crippen molar-refractivity contribution in [2.24, 2.45) is 0 Å². The predicted octanol–water partition coefficient (Wildman–Crippen LogP) is 2.37. The molecule has 0 aliphatic carbocycles. The van der Waals surface area contributed by atoms with Crippen molar-refractivity contribution in [2.45, 2.75) is 13.2 Å². The SMILES string of the molecule is CCOC1NC(=O)N(c2ccccc2)c2ncncc21. The van der Waals surface area contributed by atoms with Crippen LogP contribution in [-0.2, 0) is 4.74 Å². The van der Waals surface area contributed by atoms with Crippen molar-refractivity contribution in [2.75, 3.05) is 11.5 Å². The van der Waals surface area contributed by atoms with Gasteiger partial charge in [0.25, 0.3) is 0 Å². The number of carbonyl (C=O) groups is 1. The Morgan fingerprint density at radius 3 is 2.90 bits per heavy atom. The molecule has 1 aliphatic rings. The normalized spacial score (nSPS) is 17.6. The molecule has 6 heteroatoms. The summed E-state index contributed by atoms with van der Waals surface area (Å²) in [7, 11) is 0. The van der Waals surface area contributed by atoms with Gasteiger partial charge in [0.15, 0.2) is 12.0 Å².